The van der Waals surface area contributed by atoms with E-state index in [1.54, 1.807) is 26.4 Å². The van der Waals surface area contributed by atoms with E-state index in [-0.39, 0.29) is 5.91 Å². The normalized spacial score (nSPS) is 10.8. The summed E-state index contributed by atoms with van der Waals surface area (Å²) >= 11 is 1.44. The van der Waals surface area contributed by atoms with Gasteiger partial charge in [-0.1, -0.05) is 0 Å². The van der Waals surface area contributed by atoms with Gasteiger partial charge < -0.3 is 14.2 Å². The molecule has 30 heavy (non-hydrogen) atoms. The number of thiazole rings is 1. The second kappa shape index (κ2) is 9.93. The van der Waals surface area contributed by atoms with Crippen molar-refractivity contribution in [3.05, 3.63) is 59.0 Å². The lowest BCUT2D eigenvalue weighted by Gasteiger charge is -2.07. The van der Waals surface area contributed by atoms with E-state index in [4.69, 9.17) is 14.2 Å². The van der Waals surface area contributed by atoms with Crippen molar-refractivity contribution in [2.75, 3.05) is 26.1 Å². The second-order valence-corrected chi connectivity index (χ2v) is 7.51. The Morgan fingerprint density at radius 1 is 1.10 bits per heavy atom. The molecule has 0 aliphatic heterocycles. The predicted molar refractivity (Wildman–Crippen MR) is 121 cm³/mol. The van der Waals surface area contributed by atoms with Crippen LogP contribution in [0.2, 0.25) is 0 Å². The first-order valence-corrected chi connectivity index (χ1v) is 10.3. The molecular weight excluding hydrogens is 400 g/mol. The van der Waals surface area contributed by atoms with Crippen molar-refractivity contribution in [3.8, 4) is 28.5 Å². The van der Waals surface area contributed by atoms with Crippen molar-refractivity contribution in [2.45, 2.75) is 13.8 Å². The van der Waals surface area contributed by atoms with Gasteiger partial charge in [0.05, 0.1) is 26.5 Å². The van der Waals surface area contributed by atoms with Crippen LogP contribution in [0.5, 0.6) is 17.2 Å². The third-order valence-corrected chi connectivity index (χ3v) is 5.21. The number of benzene rings is 2. The number of carbonyl (C=O) groups is 1. The Kier molecular flexibility index (Phi) is 7.08. The molecule has 0 aliphatic carbocycles. The molecule has 1 heterocycles. The Morgan fingerprint density at radius 2 is 1.83 bits per heavy atom. The number of anilines is 1. The molecule has 2 aromatic carbocycles. The van der Waals surface area contributed by atoms with E-state index in [9.17, 15) is 4.79 Å². The molecule has 1 aromatic heterocycles. The molecule has 0 saturated heterocycles. The smallest absolute Gasteiger partial charge is 0.250 e. The highest BCUT2D eigenvalue weighted by molar-refractivity contribution is 7.16. The van der Waals surface area contributed by atoms with Crippen LogP contribution >= 0.6 is 11.3 Å². The van der Waals surface area contributed by atoms with Gasteiger partial charge >= 0.3 is 0 Å². The lowest BCUT2D eigenvalue weighted by Crippen LogP contribution is -2.07. The fraction of sp³-hybridized carbons (Fsp3) is 0.217. The van der Waals surface area contributed by atoms with Gasteiger partial charge in [0, 0.05) is 28.1 Å². The highest BCUT2D eigenvalue weighted by Crippen LogP contribution is 2.31. The van der Waals surface area contributed by atoms with Gasteiger partial charge in [0.2, 0.25) is 5.91 Å². The van der Waals surface area contributed by atoms with Gasteiger partial charge in [0.15, 0.2) is 5.13 Å². The van der Waals surface area contributed by atoms with Crippen molar-refractivity contribution >= 4 is 28.5 Å². The molecule has 0 atom stereocenters. The standard InChI is InChI=1S/C23H24N2O4S/c1-5-29-18-10-7-17(8-11-18)22-15(2)30-23(25-22)24-21(26)13-9-16-6-12-19(27-3)14-20(16)28-4/h6-14H,5H2,1-4H3,(H,24,25,26)/b13-9+. The average molecular weight is 425 g/mol. The molecule has 1 N–H and O–H groups in total. The highest BCUT2D eigenvalue weighted by Gasteiger charge is 2.12. The van der Waals surface area contributed by atoms with Gasteiger partial charge in [0.25, 0.3) is 0 Å². The summed E-state index contributed by atoms with van der Waals surface area (Å²) < 4.78 is 16.0. The maximum Gasteiger partial charge on any atom is 0.250 e. The zero-order valence-corrected chi connectivity index (χ0v) is 18.2. The van der Waals surface area contributed by atoms with E-state index < -0.39 is 0 Å². The van der Waals surface area contributed by atoms with E-state index >= 15 is 0 Å². The summed E-state index contributed by atoms with van der Waals surface area (Å²) in [6, 6.07) is 13.2. The molecule has 3 aromatic rings. The number of aromatic nitrogens is 1. The molecule has 3 rings (SSSR count). The van der Waals surface area contributed by atoms with Crippen LogP contribution in [0.4, 0.5) is 5.13 Å². The summed E-state index contributed by atoms with van der Waals surface area (Å²) in [6.45, 7) is 4.56. The van der Waals surface area contributed by atoms with Crippen LogP contribution in [0.15, 0.2) is 48.5 Å². The van der Waals surface area contributed by atoms with Crippen LogP contribution in [0, 0.1) is 6.92 Å². The number of ether oxygens (including phenoxy) is 3. The largest absolute Gasteiger partial charge is 0.497 e. The number of nitrogens with zero attached hydrogens (tertiary/aromatic N) is 1. The highest BCUT2D eigenvalue weighted by atomic mass is 32.1. The van der Waals surface area contributed by atoms with Crippen LogP contribution < -0.4 is 19.5 Å². The first kappa shape index (κ1) is 21.4. The first-order chi connectivity index (χ1) is 14.5. The molecule has 0 bridgehead atoms. The van der Waals surface area contributed by atoms with Crippen molar-refractivity contribution in [2.24, 2.45) is 0 Å². The third-order valence-electron chi connectivity index (χ3n) is 4.32. The van der Waals surface area contributed by atoms with E-state index in [0.29, 0.717) is 23.2 Å². The number of nitrogens with one attached hydrogen (secondary N) is 1. The Bertz CT molecular complexity index is 1040. The molecular formula is C23H24N2O4S. The van der Waals surface area contributed by atoms with Gasteiger partial charge in [-0.15, -0.1) is 11.3 Å². The number of hydrogen-bond donors (Lipinski definition) is 1. The minimum absolute atomic E-state index is 0.264. The van der Waals surface area contributed by atoms with Gasteiger partial charge in [-0.3, -0.25) is 10.1 Å². The lowest BCUT2D eigenvalue weighted by molar-refractivity contribution is -0.111. The topological polar surface area (TPSA) is 69.7 Å². The fourth-order valence-corrected chi connectivity index (χ4v) is 3.70. The van der Waals surface area contributed by atoms with Crippen molar-refractivity contribution in [3.63, 3.8) is 0 Å². The molecule has 1 amide bonds. The first-order valence-electron chi connectivity index (χ1n) is 9.45. The summed E-state index contributed by atoms with van der Waals surface area (Å²) in [5, 5.41) is 3.38. The predicted octanol–water partition coefficient (Wildman–Crippen LogP) is 5.19. The average Bonchev–Trinajstić information content (AvgIpc) is 3.12. The van der Waals surface area contributed by atoms with Gasteiger partial charge in [0.1, 0.15) is 17.2 Å². The van der Waals surface area contributed by atoms with Crippen LogP contribution in [-0.4, -0.2) is 31.7 Å². The number of amides is 1. The van der Waals surface area contributed by atoms with Gasteiger partial charge in [-0.25, -0.2) is 4.98 Å². The third kappa shape index (κ3) is 5.18. The van der Waals surface area contributed by atoms with E-state index in [0.717, 1.165) is 27.4 Å². The van der Waals surface area contributed by atoms with E-state index in [1.165, 1.54) is 17.4 Å². The van der Waals surface area contributed by atoms with Crippen LogP contribution in [0.1, 0.15) is 17.4 Å². The molecule has 6 nitrogen and oxygen atoms in total. The summed E-state index contributed by atoms with van der Waals surface area (Å²) in [6.07, 6.45) is 3.15. The van der Waals surface area contributed by atoms with Crippen LogP contribution in [0.25, 0.3) is 17.3 Å². The molecule has 156 valence electrons. The van der Waals surface area contributed by atoms with Crippen LogP contribution in [-0.2, 0) is 4.79 Å². The molecule has 0 fully saturated rings. The van der Waals surface area contributed by atoms with E-state index in [2.05, 4.69) is 10.3 Å². The summed E-state index contributed by atoms with van der Waals surface area (Å²) in [5.74, 6) is 1.87. The van der Waals surface area contributed by atoms with Gasteiger partial charge in [-0.05, 0) is 56.3 Å². The molecule has 7 heteroatoms. The Morgan fingerprint density at radius 3 is 2.50 bits per heavy atom. The van der Waals surface area contributed by atoms with E-state index in [1.807, 2.05) is 50.2 Å². The minimum Gasteiger partial charge on any atom is -0.497 e. The zero-order valence-electron chi connectivity index (χ0n) is 17.4. The number of hydrogen-bond acceptors (Lipinski definition) is 6. The minimum atomic E-state index is -0.264. The molecule has 0 radical (unpaired) electrons. The number of methoxy groups -OCH3 is 2. The summed E-state index contributed by atoms with van der Waals surface area (Å²) in [5.41, 5.74) is 2.60. The fourth-order valence-electron chi connectivity index (χ4n) is 2.86. The van der Waals surface area contributed by atoms with Crippen molar-refractivity contribution < 1.29 is 19.0 Å². The Hall–Kier alpha value is -3.32. The lowest BCUT2D eigenvalue weighted by atomic mass is 10.1. The number of aryl methyl sites for hydroxylation is 1. The van der Waals surface area contributed by atoms with Crippen molar-refractivity contribution in [1.29, 1.82) is 0 Å². The number of carbonyl (C=O) groups excluding carboxylic acids is 1. The van der Waals surface area contributed by atoms with Crippen molar-refractivity contribution in [1.82, 2.24) is 4.98 Å². The maximum atomic E-state index is 12.4. The zero-order chi connectivity index (χ0) is 21.5. The maximum absolute atomic E-state index is 12.4. The monoisotopic (exact) mass is 424 g/mol. The molecule has 0 saturated carbocycles. The molecule has 0 aliphatic rings. The van der Waals surface area contributed by atoms with Gasteiger partial charge in [-0.2, -0.15) is 0 Å². The Balaban J connectivity index is 1.70. The number of rotatable bonds is 8. The Labute approximate surface area is 180 Å². The second-order valence-electron chi connectivity index (χ2n) is 6.31. The molecule has 0 spiro atoms. The van der Waals surface area contributed by atoms with Crippen LogP contribution in [0.3, 0.4) is 0 Å². The SMILES string of the molecule is CCOc1ccc(-c2nc(NC(=O)/C=C/c3ccc(OC)cc3OC)sc2C)cc1. The molecule has 0 unspecified atom stereocenters. The summed E-state index contributed by atoms with van der Waals surface area (Å²) in [7, 11) is 3.17. The summed E-state index contributed by atoms with van der Waals surface area (Å²) in [4.78, 5) is 18.0. The quantitative estimate of drug-likeness (QED) is 0.504.